The van der Waals surface area contributed by atoms with Crippen LogP contribution in [0, 0.1) is 10.1 Å². The van der Waals surface area contributed by atoms with Crippen LogP contribution in [0.2, 0.25) is 0 Å². The highest BCUT2D eigenvalue weighted by molar-refractivity contribution is 5.99. The number of rotatable bonds is 3. The van der Waals surface area contributed by atoms with Crippen LogP contribution in [0.15, 0.2) is 30.5 Å². The number of nitrogens with zero attached hydrogens (tertiary/aromatic N) is 3. The van der Waals surface area contributed by atoms with Crippen LogP contribution in [0.5, 0.6) is 0 Å². The molecule has 0 atom stereocenters. The minimum Gasteiger partial charge on any atom is -0.274 e. The predicted octanol–water partition coefficient (Wildman–Crippen LogP) is 1.42. The molecule has 0 fully saturated rings. The maximum absolute atomic E-state index is 12.8. The van der Waals surface area contributed by atoms with E-state index in [1.807, 2.05) is 10.9 Å². The second-order valence-corrected chi connectivity index (χ2v) is 4.78. The van der Waals surface area contributed by atoms with Crippen molar-refractivity contribution >= 4 is 17.5 Å². The van der Waals surface area contributed by atoms with Crippen molar-refractivity contribution in [1.29, 1.82) is 0 Å². The topological polar surface area (TPSA) is 119 Å². The van der Waals surface area contributed by atoms with Crippen LogP contribution in [0.3, 0.4) is 0 Å². The van der Waals surface area contributed by atoms with Crippen LogP contribution in [-0.4, -0.2) is 26.5 Å². The summed E-state index contributed by atoms with van der Waals surface area (Å²) in [6.45, 7) is 0. The summed E-state index contributed by atoms with van der Waals surface area (Å²) in [6.07, 6.45) is -3.98. The number of non-ortho nitro benzene ring substituents is 1. The molecule has 1 heterocycles. The molecule has 0 aliphatic carbocycles. The van der Waals surface area contributed by atoms with Gasteiger partial charge < -0.3 is 0 Å². The zero-order valence-electron chi connectivity index (χ0n) is 12.5. The molecule has 132 valence electrons. The third-order valence-corrected chi connectivity index (χ3v) is 2.97. The molecule has 1 aromatic carbocycles. The monoisotopic (exact) mass is 357 g/mol. The number of nitro benzene ring substituents is 1. The highest BCUT2D eigenvalue weighted by Crippen LogP contribution is 2.30. The number of benzene rings is 1. The molecular formula is C13H10F3N5O4. The SMILES string of the molecule is Cn1cc(C(=O)NNC(=O)c2ccc([N+](=O)[O-])cc2)c(C(F)(F)F)n1. The summed E-state index contributed by atoms with van der Waals surface area (Å²) < 4.78 is 39.2. The van der Waals surface area contributed by atoms with Gasteiger partial charge in [0, 0.05) is 30.9 Å². The van der Waals surface area contributed by atoms with E-state index in [4.69, 9.17) is 0 Å². The second-order valence-electron chi connectivity index (χ2n) is 4.78. The van der Waals surface area contributed by atoms with E-state index < -0.39 is 34.2 Å². The van der Waals surface area contributed by atoms with E-state index in [1.165, 1.54) is 7.05 Å². The number of carbonyl (C=O) groups is 2. The Balaban J connectivity index is 2.07. The average molecular weight is 357 g/mol. The minimum atomic E-state index is -4.84. The van der Waals surface area contributed by atoms with Crippen molar-refractivity contribution < 1.29 is 27.7 Å². The van der Waals surface area contributed by atoms with Gasteiger partial charge in [0.05, 0.1) is 10.5 Å². The van der Waals surface area contributed by atoms with Gasteiger partial charge in [-0.3, -0.25) is 35.2 Å². The lowest BCUT2D eigenvalue weighted by molar-refractivity contribution is -0.384. The van der Waals surface area contributed by atoms with Crippen molar-refractivity contribution in [3.05, 3.63) is 57.4 Å². The van der Waals surface area contributed by atoms with Gasteiger partial charge in [0.1, 0.15) is 0 Å². The van der Waals surface area contributed by atoms with E-state index in [0.29, 0.717) is 0 Å². The predicted molar refractivity (Wildman–Crippen MR) is 76.2 cm³/mol. The molecule has 0 aliphatic rings. The van der Waals surface area contributed by atoms with Gasteiger partial charge in [0.2, 0.25) is 0 Å². The van der Waals surface area contributed by atoms with Gasteiger partial charge in [-0.25, -0.2) is 0 Å². The van der Waals surface area contributed by atoms with Crippen LogP contribution in [0.1, 0.15) is 26.4 Å². The first-order valence-corrected chi connectivity index (χ1v) is 6.55. The van der Waals surface area contributed by atoms with E-state index in [2.05, 4.69) is 5.10 Å². The summed E-state index contributed by atoms with van der Waals surface area (Å²) in [7, 11) is 1.21. The molecule has 0 aliphatic heterocycles. The van der Waals surface area contributed by atoms with E-state index in [0.717, 1.165) is 35.1 Å². The van der Waals surface area contributed by atoms with E-state index >= 15 is 0 Å². The number of nitro groups is 1. The summed E-state index contributed by atoms with van der Waals surface area (Å²) in [5.41, 5.74) is 1.32. The Labute approximate surface area is 137 Å². The van der Waals surface area contributed by atoms with Crippen molar-refractivity contribution in [3.63, 3.8) is 0 Å². The Bertz CT molecular complexity index is 829. The third-order valence-electron chi connectivity index (χ3n) is 2.97. The van der Waals surface area contributed by atoms with Gasteiger partial charge in [-0.1, -0.05) is 0 Å². The summed E-state index contributed by atoms with van der Waals surface area (Å²) in [6, 6.07) is 4.40. The molecule has 2 amide bonds. The van der Waals surface area contributed by atoms with Gasteiger partial charge in [0.15, 0.2) is 5.69 Å². The second kappa shape index (κ2) is 6.59. The zero-order valence-corrected chi connectivity index (χ0v) is 12.5. The van der Waals surface area contributed by atoms with E-state index in [-0.39, 0.29) is 11.3 Å². The number of carbonyl (C=O) groups excluding carboxylic acids is 2. The van der Waals surface area contributed by atoms with Crippen LogP contribution in [-0.2, 0) is 13.2 Å². The molecule has 0 saturated carbocycles. The molecule has 0 saturated heterocycles. The normalized spacial score (nSPS) is 11.0. The first-order chi connectivity index (χ1) is 11.6. The van der Waals surface area contributed by atoms with Crippen molar-refractivity contribution in [1.82, 2.24) is 20.6 Å². The average Bonchev–Trinajstić information content (AvgIpc) is 2.94. The first kappa shape index (κ1) is 17.9. The number of aryl methyl sites for hydroxylation is 1. The molecule has 2 N–H and O–H groups in total. The lowest BCUT2D eigenvalue weighted by atomic mass is 10.2. The quantitative estimate of drug-likeness (QED) is 0.636. The molecule has 0 radical (unpaired) electrons. The Morgan fingerprint density at radius 1 is 1.16 bits per heavy atom. The fraction of sp³-hybridized carbons (Fsp3) is 0.154. The van der Waals surface area contributed by atoms with Crippen LogP contribution in [0.4, 0.5) is 18.9 Å². The molecule has 0 spiro atoms. The number of hydrazine groups is 1. The van der Waals surface area contributed by atoms with Crippen LogP contribution < -0.4 is 10.9 Å². The highest BCUT2D eigenvalue weighted by atomic mass is 19.4. The molecule has 25 heavy (non-hydrogen) atoms. The summed E-state index contributed by atoms with van der Waals surface area (Å²) in [5.74, 6) is -2.07. The molecule has 9 nitrogen and oxygen atoms in total. The molecule has 2 aromatic rings. The van der Waals surface area contributed by atoms with Crippen molar-refractivity contribution in [2.75, 3.05) is 0 Å². The minimum absolute atomic E-state index is 0.0341. The van der Waals surface area contributed by atoms with Gasteiger partial charge in [0.25, 0.3) is 17.5 Å². The number of amides is 2. The van der Waals surface area contributed by atoms with Gasteiger partial charge in [-0.15, -0.1) is 0 Å². The number of hydrogen-bond donors (Lipinski definition) is 2. The van der Waals surface area contributed by atoms with Crippen molar-refractivity contribution in [2.45, 2.75) is 6.18 Å². The van der Waals surface area contributed by atoms with E-state index in [9.17, 15) is 32.9 Å². The van der Waals surface area contributed by atoms with Crippen molar-refractivity contribution in [3.8, 4) is 0 Å². The number of halogens is 3. The fourth-order valence-corrected chi connectivity index (χ4v) is 1.85. The standard InChI is InChI=1S/C13H10F3N5O4/c1-20-6-9(10(19-20)13(14,15)16)12(23)18-17-11(22)7-2-4-8(5-3-7)21(24)25/h2-6H,1H3,(H,17,22)(H,18,23). The molecule has 1 aromatic heterocycles. The largest absolute Gasteiger partial charge is 0.435 e. The zero-order chi connectivity index (χ0) is 18.8. The maximum atomic E-state index is 12.8. The molecular weight excluding hydrogens is 347 g/mol. The molecule has 0 bridgehead atoms. The van der Waals surface area contributed by atoms with Gasteiger partial charge in [-0.2, -0.15) is 18.3 Å². The Morgan fingerprint density at radius 2 is 1.72 bits per heavy atom. The summed E-state index contributed by atoms with van der Waals surface area (Å²) in [4.78, 5) is 33.5. The third kappa shape index (κ3) is 4.10. The Morgan fingerprint density at radius 3 is 2.24 bits per heavy atom. The van der Waals surface area contributed by atoms with Crippen molar-refractivity contribution in [2.24, 2.45) is 7.05 Å². The Hall–Kier alpha value is -3.44. The first-order valence-electron chi connectivity index (χ1n) is 6.55. The highest BCUT2D eigenvalue weighted by Gasteiger charge is 2.39. The number of nitrogens with one attached hydrogen (secondary N) is 2. The number of hydrogen-bond acceptors (Lipinski definition) is 5. The number of aromatic nitrogens is 2. The van der Waals surface area contributed by atoms with E-state index in [1.54, 1.807) is 0 Å². The molecule has 0 unspecified atom stereocenters. The maximum Gasteiger partial charge on any atom is 0.435 e. The van der Waals surface area contributed by atoms with Gasteiger partial charge >= 0.3 is 6.18 Å². The number of alkyl halides is 3. The van der Waals surface area contributed by atoms with Crippen LogP contribution in [0.25, 0.3) is 0 Å². The smallest absolute Gasteiger partial charge is 0.274 e. The lowest BCUT2D eigenvalue weighted by Gasteiger charge is -2.08. The lowest BCUT2D eigenvalue weighted by Crippen LogP contribution is -2.42. The summed E-state index contributed by atoms with van der Waals surface area (Å²) >= 11 is 0. The Kier molecular flexibility index (Phi) is 4.72. The van der Waals surface area contributed by atoms with Gasteiger partial charge in [-0.05, 0) is 12.1 Å². The molecule has 2 rings (SSSR count). The fourth-order valence-electron chi connectivity index (χ4n) is 1.85. The van der Waals surface area contributed by atoms with Crippen LogP contribution >= 0.6 is 0 Å². The molecule has 12 heteroatoms. The summed E-state index contributed by atoms with van der Waals surface area (Å²) in [5, 5.41) is 13.7.